The van der Waals surface area contributed by atoms with Crippen molar-refractivity contribution in [3.63, 3.8) is 0 Å². The smallest absolute Gasteiger partial charge is 0.262 e. The molecule has 6 nitrogen and oxygen atoms in total. The fourth-order valence-corrected chi connectivity index (χ4v) is 1.86. The van der Waals surface area contributed by atoms with E-state index in [2.05, 4.69) is 20.8 Å². The Morgan fingerprint density at radius 1 is 1.60 bits per heavy atom. The van der Waals surface area contributed by atoms with E-state index in [4.69, 9.17) is 4.52 Å². The Bertz CT molecular complexity index is 455. The van der Waals surface area contributed by atoms with Crippen LogP contribution in [0, 0.1) is 0 Å². The molecule has 2 N–H and O–H groups in total. The maximum absolute atomic E-state index is 12.9. The van der Waals surface area contributed by atoms with Gasteiger partial charge in [0, 0.05) is 25.8 Å². The van der Waals surface area contributed by atoms with Crippen molar-refractivity contribution in [2.24, 2.45) is 0 Å². The van der Waals surface area contributed by atoms with Crippen molar-refractivity contribution in [2.45, 2.75) is 38.2 Å². The predicted octanol–water partition coefficient (Wildman–Crippen LogP) is 0.710. The van der Waals surface area contributed by atoms with Crippen molar-refractivity contribution in [1.29, 1.82) is 0 Å². The van der Waals surface area contributed by atoms with Gasteiger partial charge in [0.05, 0.1) is 12.6 Å². The van der Waals surface area contributed by atoms with Crippen LogP contribution in [0.1, 0.15) is 25.1 Å². The average molecular weight is 311 g/mol. The molecule has 0 radical (unpaired) electrons. The van der Waals surface area contributed by atoms with Gasteiger partial charge in [-0.2, -0.15) is 4.98 Å². The second-order valence-corrected chi connectivity index (χ2v) is 4.49. The van der Waals surface area contributed by atoms with Crippen molar-refractivity contribution in [2.75, 3.05) is 13.1 Å². The van der Waals surface area contributed by atoms with E-state index < -0.39 is 30.8 Å². The molecular weight excluding hydrogens is 294 g/mol. The van der Waals surface area contributed by atoms with Gasteiger partial charge in [-0.3, -0.25) is 10.1 Å². The first-order chi connectivity index (χ1) is 9.00. The highest BCUT2D eigenvalue weighted by atomic mass is 35.5. The standard InChI is InChI=1S/C11H16F2N4O2.ClH/c1-2-9-16-8(17-19-9)3-4-14-10(18)7-5-11(12,13)6-15-7;/h7,15H,2-6H2,1H3,(H,14,18);1H. The lowest BCUT2D eigenvalue weighted by Crippen LogP contribution is -2.41. The van der Waals surface area contributed by atoms with Crippen LogP contribution in [0.15, 0.2) is 4.52 Å². The summed E-state index contributed by atoms with van der Waals surface area (Å²) in [6, 6.07) is -0.827. The van der Waals surface area contributed by atoms with Gasteiger partial charge in [-0.25, -0.2) is 8.78 Å². The van der Waals surface area contributed by atoms with Crippen LogP contribution in [0.5, 0.6) is 0 Å². The number of carbonyl (C=O) groups excluding carboxylic acids is 1. The molecule has 0 spiro atoms. The van der Waals surface area contributed by atoms with E-state index in [0.717, 1.165) is 0 Å². The van der Waals surface area contributed by atoms with Crippen LogP contribution >= 0.6 is 12.4 Å². The molecule has 1 aromatic rings. The average Bonchev–Trinajstić information content (AvgIpc) is 2.95. The SMILES string of the molecule is CCc1nc(CCNC(=O)C2CC(F)(F)CN2)no1.Cl. The maximum atomic E-state index is 12.9. The summed E-state index contributed by atoms with van der Waals surface area (Å²) in [6.07, 6.45) is 0.611. The van der Waals surface area contributed by atoms with E-state index in [-0.39, 0.29) is 12.4 Å². The number of aromatic nitrogens is 2. The molecule has 1 amide bonds. The van der Waals surface area contributed by atoms with Crippen LogP contribution in [0.4, 0.5) is 8.78 Å². The number of carbonyl (C=O) groups is 1. The van der Waals surface area contributed by atoms with Gasteiger partial charge in [-0.15, -0.1) is 12.4 Å². The van der Waals surface area contributed by atoms with Crippen LogP contribution in [0.2, 0.25) is 0 Å². The van der Waals surface area contributed by atoms with E-state index in [1.807, 2.05) is 6.92 Å². The molecule has 2 heterocycles. The fourth-order valence-electron chi connectivity index (χ4n) is 1.86. The summed E-state index contributed by atoms with van der Waals surface area (Å²) in [4.78, 5) is 15.7. The molecule has 2 rings (SSSR count). The number of alkyl halides is 2. The van der Waals surface area contributed by atoms with E-state index in [1.165, 1.54) is 0 Å². The number of nitrogens with zero attached hydrogens (tertiary/aromatic N) is 2. The quantitative estimate of drug-likeness (QED) is 0.837. The van der Waals surface area contributed by atoms with E-state index >= 15 is 0 Å². The van der Waals surface area contributed by atoms with Crippen LogP contribution in [-0.4, -0.2) is 41.1 Å². The second kappa shape index (κ2) is 6.94. The summed E-state index contributed by atoms with van der Waals surface area (Å²) >= 11 is 0. The maximum Gasteiger partial charge on any atom is 0.262 e. The zero-order chi connectivity index (χ0) is 13.9. The van der Waals surface area contributed by atoms with Gasteiger partial charge in [0.25, 0.3) is 5.92 Å². The fraction of sp³-hybridized carbons (Fsp3) is 0.727. The summed E-state index contributed by atoms with van der Waals surface area (Å²) in [5.74, 6) is -2.18. The monoisotopic (exact) mass is 310 g/mol. The Balaban J connectivity index is 0.00000200. The minimum absolute atomic E-state index is 0. The molecule has 0 aliphatic carbocycles. The zero-order valence-corrected chi connectivity index (χ0v) is 11.8. The summed E-state index contributed by atoms with van der Waals surface area (Å²) < 4.78 is 30.7. The molecule has 0 bridgehead atoms. The second-order valence-electron chi connectivity index (χ2n) is 4.49. The third-order valence-electron chi connectivity index (χ3n) is 2.89. The first-order valence-corrected chi connectivity index (χ1v) is 6.20. The number of nitrogens with one attached hydrogen (secondary N) is 2. The largest absolute Gasteiger partial charge is 0.354 e. The predicted molar refractivity (Wildman–Crippen MR) is 69.0 cm³/mol. The van der Waals surface area contributed by atoms with Gasteiger partial charge >= 0.3 is 0 Å². The zero-order valence-electron chi connectivity index (χ0n) is 11.0. The number of halogens is 3. The first kappa shape index (κ1) is 16.8. The van der Waals surface area contributed by atoms with Gasteiger partial charge in [0.1, 0.15) is 0 Å². The molecule has 1 aliphatic rings. The lowest BCUT2D eigenvalue weighted by molar-refractivity contribution is -0.123. The normalized spacial score (nSPS) is 20.4. The number of aryl methyl sites for hydroxylation is 1. The Labute approximate surface area is 121 Å². The van der Waals surface area contributed by atoms with Crippen molar-refractivity contribution < 1.29 is 18.1 Å². The van der Waals surface area contributed by atoms with Crippen molar-refractivity contribution in [3.8, 4) is 0 Å². The minimum atomic E-state index is -2.80. The lowest BCUT2D eigenvalue weighted by Gasteiger charge is -2.10. The summed E-state index contributed by atoms with van der Waals surface area (Å²) in [5.41, 5.74) is 0. The van der Waals surface area contributed by atoms with E-state index in [0.29, 0.717) is 31.1 Å². The lowest BCUT2D eigenvalue weighted by atomic mass is 10.2. The van der Waals surface area contributed by atoms with Crippen LogP contribution in [0.3, 0.4) is 0 Å². The van der Waals surface area contributed by atoms with Crippen LogP contribution in [0.25, 0.3) is 0 Å². The van der Waals surface area contributed by atoms with Gasteiger partial charge in [0.15, 0.2) is 5.82 Å². The number of hydrogen-bond donors (Lipinski definition) is 2. The highest BCUT2D eigenvalue weighted by molar-refractivity contribution is 5.85. The van der Waals surface area contributed by atoms with Crippen LogP contribution < -0.4 is 10.6 Å². The number of hydrogen-bond acceptors (Lipinski definition) is 5. The minimum Gasteiger partial charge on any atom is -0.354 e. The molecule has 0 saturated carbocycles. The highest BCUT2D eigenvalue weighted by Crippen LogP contribution is 2.24. The third kappa shape index (κ3) is 4.38. The topological polar surface area (TPSA) is 80.0 Å². The van der Waals surface area contributed by atoms with Crippen LogP contribution in [-0.2, 0) is 17.6 Å². The molecule has 0 aromatic carbocycles. The summed E-state index contributed by atoms with van der Waals surface area (Å²) in [5, 5.41) is 8.81. The first-order valence-electron chi connectivity index (χ1n) is 6.20. The van der Waals surface area contributed by atoms with E-state index in [9.17, 15) is 13.6 Å². The van der Waals surface area contributed by atoms with Crippen molar-refractivity contribution in [1.82, 2.24) is 20.8 Å². The highest BCUT2D eigenvalue weighted by Gasteiger charge is 2.42. The molecule has 1 saturated heterocycles. The van der Waals surface area contributed by atoms with Gasteiger partial charge in [-0.05, 0) is 0 Å². The van der Waals surface area contributed by atoms with Crippen molar-refractivity contribution in [3.05, 3.63) is 11.7 Å². The Morgan fingerprint density at radius 2 is 2.35 bits per heavy atom. The molecule has 1 atom stereocenters. The van der Waals surface area contributed by atoms with E-state index in [1.54, 1.807) is 0 Å². The number of amides is 1. The Morgan fingerprint density at radius 3 is 2.90 bits per heavy atom. The summed E-state index contributed by atoms with van der Waals surface area (Å²) in [7, 11) is 0. The third-order valence-corrected chi connectivity index (χ3v) is 2.89. The molecule has 1 aliphatic heterocycles. The molecule has 9 heteroatoms. The molecular formula is C11H17ClF2N4O2. The molecule has 1 aromatic heterocycles. The van der Waals surface area contributed by atoms with Gasteiger partial charge in [-0.1, -0.05) is 12.1 Å². The van der Waals surface area contributed by atoms with Gasteiger partial charge in [0.2, 0.25) is 11.8 Å². The van der Waals surface area contributed by atoms with Gasteiger partial charge < -0.3 is 9.84 Å². The molecule has 1 unspecified atom stereocenters. The summed E-state index contributed by atoms with van der Waals surface area (Å²) in [6.45, 7) is 1.74. The Kier molecular flexibility index (Phi) is 5.82. The molecule has 1 fully saturated rings. The molecule has 20 heavy (non-hydrogen) atoms. The Hall–Kier alpha value is -1.28. The van der Waals surface area contributed by atoms with Crippen molar-refractivity contribution >= 4 is 18.3 Å². The molecule has 114 valence electrons. The number of rotatable bonds is 5.